The summed E-state index contributed by atoms with van der Waals surface area (Å²) in [5.74, 6) is -1.36. The molecule has 2 atom stereocenters. The van der Waals surface area contributed by atoms with Crippen molar-refractivity contribution in [1.82, 2.24) is 10.0 Å². The lowest BCUT2D eigenvalue weighted by Gasteiger charge is -2.30. The van der Waals surface area contributed by atoms with Crippen LogP contribution in [0, 0.1) is 5.92 Å². The van der Waals surface area contributed by atoms with E-state index in [0.29, 0.717) is 19.5 Å². The Bertz CT molecular complexity index is 734. The van der Waals surface area contributed by atoms with Crippen molar-refractivity contribution in [3.8, 4) is 0 Å². The summed E-state index contributed by atoms with van der Waals surface area (Å²) in [6.07, 6.45) is 0.654. The first-order chi connectivity index (χ1) is 11.8. The van der Waals surface area contributed by atoms with E-state index in [9.17, 15) is 18.0 Å². The molecule has 1 fully saturated rings. The molecule has 1 heterocycles. The van der Waals surface area contributed by atoms with Crippen LogP contribution in [-0.2, 0) is 19.5 Å². The number of esters is 2. The monoisotopic (exact) mass is 406 g/mol. The highest BCUT2D eigenvalue weighted by atomic mass is 35.5. The maximum absolute atomic E-state index is 12.7. The summed E-state index contributed by atoms with van der Waals surface area (Å²) in [5, 5.41) is 3.20. The molecule has 0 bridgehead atoms. The number of nitrogens with one attached hydrogen (secondary N) is 2. The summed E-state index contributed by atoms with van der Waals surface area (Å²) in [4.78, 5) is 23.4. The Hall–Kier alpha value is -1.68. The molecule has 0 saturated carbocycles. The number of hydrogen-bond acceptors (Lipinski definition) is 7. The molecule has 0 aliphatic carbocycles. The predicted octanol–water partition coefficient (Wildman–Crippen LogP) is 0.958. The highest BCUT2D eigenvalue weighted by Gasteiger charge is 2.28. The smallest absolute Gasteiger partial charge is 0.337 e. The minimum Gasteiger partial charge on any atom is -0.465 e. The summed E-state index contributed by atoms with van der Waals surface area (Å²) in [5.41, 5.74) is -0.0757. The molecule has 26 heavy (non-hydrogen) atoms. The van der Waals surface area contributed by atoms with Crippen LogP contribution < -0.4 is 10.0 Å². The molecule has 0 amide bonds. The van der Waals surface area contributed by atoms with Crippen molar-refractivity contribution in [3.63, 3.8) is 0 Å². The molecule has 8 nitrogen and oxygen atoms in total. The van der Waals surface area contributed by atoms with Gasteiger partial charge < -0.3 is 14.8 Å². The van der Waals surface area contributed by atoms with Crippen molar-refractivity contribution in [2.45, 2.75) is 24.3 Å². The molecule has 10 heteroatoms. The molecular weight excluding hydrogens is 384 g/mol. The zero-order valence-corrected chi connectivity index (χ0v) is 16.4. The van der Waals surface area contributed by atoms with Gasteiger partial charge in [-0.3, -0.25) is 0 Å². The first kappa shape index (κ1) is 22.4. The van der Waals surface area contributed by atoms with E-state index >= 15 is 0 Å². The molecular formula is C16H23ClN2O6S. The number of piperidine rings is 1. The van der Waals surface area contributed by atoms with Crippen molar-refractivity contribution in [2.24, 2.45) is 5.92 Å². The lowest BCUT2D eigenvalue weighted by Crippen LogP contribution is -2.48. The zero-order chi connectivity index (χ0) is 18.6. The molecule has 146 valence electrons. The maximum Gasteiger partial charge on any atom is 0.337 e. The summed E-state index contributed by atoms with van der Waals surface area (Å²) < 4.78 is 37.4. The fourth-order valence-electron chi connectivity index (χ4n) is 2.68. The van der Waals surface area contributed by atoms with Crippen molar-refractivity contribution in [3.05, 3.63) is 29.3 Å². The molecule has 0 spiro atoms. The van der Waals surface area contributed by atoms with Crippen LogP contribution in [0.1, 0.15) is 34.1 Å². The minimum atomic E-state index is -3.91. The SMILES string of the molecule is COC(=O)c1cc(C(=O)OC)cc(S(=O)(=O)NC2CCNCC2C)c1.Cl. The lowest BCUT2D eigenvalue weighted by atomic mass is 9.97. The molecule has 1 aromatic carbocycles. The molecule has 1 aliphatic heterocycles. The maximum atomic E-state index is 12.7. The molecule has 2 unspecified atom stereocenters. The predicted molar refractivity (Wildman–Crippen MR) is 97.1 cm³/mol. The number of benzene rings is 1. The van der Waals surface area contributed by atoms with E-state index < -0.39 is 22.0 Å². The minimum absolute atomic E-state index is 0. The number of hydrogen-bond donors (Lipinski definition) is 2. The quantitative estimate of drug-likeness (QED) is 0.700. The standard InChI is InChI=1S/C16H22N2O6S.ClH/c1-10-9-17-5-4-14(10)18-25(21,22)13-7-11(15(19)23-2)6-12(8-13)16(20)24-3;/h6-8,10,14,17-18H,4-5,9H2,1-3H3;1H. The van der Waals surface area contributed by atoms with Gasteiger partial charge in [0, 0.05) is 6.04 Å². The van der Waals surface area contributed by atoms with E-state index in [1.54, 1.807) is 0 Å². The first-order valence-corrected chi connectivity index (χ1v) is 9.31. The highest BCUT2D eigenvalue weighted by Crippen LogP contribution is 2.20. The van der Waals surface area contributed by atoms with Crippen molar-refractivity contribution in [2.75, 3.05) is 27.3 Å². The number of sulfonamides is 1. The molecule has 0 aromatic heterocycles. The molecule has 2 N–H and O–H groups in total. The van der Waals surface area contributed by atoms with Crippen LogP contribution in [0.25, 0.3) is 0 Å². The van der Waals surface area contributed by atoms with E-state index in [4.69, 9.17) is 0 Å². The Morgan fingerprint density at radius 1 is 1.12 bits per heavy atom. The van der Waals surface area contributed by atoms with Gasteiger partial charge in [-0.05, 0) is 43.6 Å². The lowest BCUT2D eigenvalue weighted by molar-refractivity contribution is 0.0598. The van der Waals surface area contributed by atoms with Crippen molar-refractivity contribution in [1.29, 1.82) is 0 Å². The Morgan fingerprint density at radius 3 is 2.12 bits per heavy atom. The van der Waals surface area contributed by atoms with Gasteiger partial charge in [-0.2, -0.15) is 0 Å². The number of carbonyl (C=O) groups is 2. The van der Waals surface area contributed by atoms with Gasteiger partial charge in [0.2, 0.25) is 10.0 Å². The average molecular weight is 407 g/mol. The van der Waals surface area contributed by atoms with Gasteiger partial charge in [0.15, 0.2) is 0 Å². The fourth-order valence-corrected chi connectivity index (χ4v) is 4.13. The van der Waals surface area contributed by atoms with E-state index in [0.717, 1.165) is 0 Å². The van der Waals surface area contributed by atoms with Crippen LogP contribution in [0.3, 0.4) is 0 Å². The van der Waals surface area contributed by atoms with Gasteiger partial charge >= 0.3 is 11.9 Å². The Balaban J connectivity index is 0.00000338. The molecule has 0 radical (unpaired) electrons. The number of ether oxygens (including phenoxy) is 2. The van der Waals surface area contributed by atoms with E-state index in [1.807, 2.05) is 6.92 Å². The molecule has 1 aliphatic rings. The second-order valence-corrected chi connectivity index (χ2v) is 7.64. The second-order valence-electron chi connectivity index (χ2n) is 5.93. The van der Waals surface area contributed by atoms with E-state index in [2.05, 4.69) is 19.5 Å². The highest BCUT2D eigenvalue weighted by molar-refractivity contribution is 7.89. The molecule has 1 saturated heterocycles. The van der Waals surface area contributed by atoms with Gasteiger partial charge in [0.25, 0.3) is 0 Å². The topological polar surface area (TPSA) is 111 Å². The van der Waals surface area contributed by atoms with Crippen LogP contribution in [0.2, 0.25) is 0 Å². The van der Waals surface area contributed by atoms with Crippen LogP contribution in [-0.4, -0.2) is 53.7 Å². The normalized spacial score (nSPS) is 20.0. The molecule has 1 aromatic rings. The third-order valence-electron chi connectivity index (χ3n) is 4.15. The largest absolute Gasteiger partial charge is 0.465 e. The second kappa shape index (κ2) is 9.31. The van der Waals surface area contributed by atoms with Gasteiger partial charge in [0.05, 0.1) is 30.2 Å². The summed E-state index contributed by atoms with van der Waals surface area (Å²) in [6, 6.07) is 3.39. The van der Waals surface area contributed by atoms with Gasteiger partial charge in [-0.25, -0.2) is 22.7 Å². The van der Waals surface area contributed by atoms with E-state index in [-0.39, 0.29) is 40.4 Å². The summed E-state index contributed by atoms with van der Waals surface area (Å²) >= 11 is 0. The summed E-state index contributed by atoms with van der Waals surface area (Å²) in [7, 11) is -1.56. The Kier molecular flexibility index (Phi) is 8.01. The van der Waals surface area contributed by atoms with Gasteiger partial charge in [-0.15, -0.1) is 12.4 Å². The van der Waals surface area contributed by atoms with Gasteiger partial charge in [0.1, 0.15) is 0 Å². The van der Waals surface area contributed by atoms with Crippen LogP contribution in [0.4, 0.5) is 0 Å². The Morgan fingerprint density at radius 2 is 1.65 bits per heavy atom. The fraction of sp³-hybridized carbons (Fsp3) is 0.500. The van der Waals surface area contributed by atoms with Crippen LogP contribution in [0.5, 0.6) is 0 Å². The average Bonchev–Trinajstić information content (AvgIpc) is 2.61. The van der Waals surface area contributed by atoms with Gasteiger partial charge in [-0.1, -0.05) is 6.92 Å². The van der Waals surface area contributed by atoms with Crippen LogP contribution >= 0.6 is 12.4 Å². The van der Waals surface area contributed by atoms with Crippen molar-refractivity contribution < 1.29 is 27.5 Å². The van der Waals surface area contributed by atoms with E-state index in [1.165, 1.54) is 32.4 Å². The zero-order valence-electron chi connectivity index (χ0n) is 14.8. The van der Waals surface area contributed by atoms with Crippen LogP contribution in [0.15, 0.2) is 23.1 Å². The number of methoxy groups -OCH3 is 2. The third kappa shape index (κ3) is 5.16. The number of carbonyl (C=O) groups excluding carboxylic acids is 2. The number of rotatable bonds is 5. The van der Waals surface area contributed by atoms with Crippen molar-refractivity contribution >= 4 is 34.4 Å². The number of halogens is 1. The summed E-state index contributed by atoms with van der Waals surface area (Å²) in [6.45, 7) is 3.38. The Labute approximate surface area is 159 Å². The third-order valence-corrected chi connectivity index (χ3v) is 5.62. The molecule has 2 rings (SSSR count). The first-order valence-electron chi connectivity index (χ1n) is 7.83.